The van der Waals surface area contributed by atoms with Gasteiger partial charge in [-0.1, -0.05) is 0 Å². The average molecular weight is 445 g/mol. The lowest BCUT2D eigenvalue weighted by Crippen LogP contribution is -2.42. The van der Waals surface area contributed by atoms with E-state index in [0.29, 0.717) is 32.0 Å². The number of pyridine rings is 1. The second-order valence-corrected chi connectivity index (χ2v) is 9.87. The Kier molecular flexibility index (Phi) is 8.01. The molecule has 0 unspecified atom stereocenters. The highest BCUT2D eigenvalue weighted by Gasteiger charge is 2.27. The lowest BCUT2D eigenvalue weighted by atomic mass is 9.93. The first-order valence-electron chi connectivity index (χ1n) is 10.9. The fraction of sp³-hybridized carbons (Fsp3) is 0.565. The SMILES string of the molecule is CC(C)(C)OC(=O)N1CCC(CC(=O)NCCCc2nc(-c3ccncc3)cs2)CC1. The molecule has 0 atom stereocenters. The zero-order valence-electron chi connectivity index (χ0n) is 18.6. The van der Waals surface area contributed by atoms with E-state index in [1.54, 1.807) is 28.6 Å². The maximum absolute atomic E-state index is 12.3. The molecule has 0 saturated carbocycles. The highest BCUT2D eigenvalue weighted by molar-refractivity contribution is 7.09. The molecule has 0 radical (unpaired) electrons. The predicted molar refractivity (Wildman–Crippen MR) is 122 cm³/mol. The third-order valence-electron chi connectivity index (χ3n) is 5.16. The van der Waals surface area contributed by atoms with E-state index in [-0.39, 0.29) is 12.0 Å². The second kappa shape index (κ2) is 10.7. The van der Waals surface area contributed by atoms with Crippen molar-refractivity contribution in [1.82, 2.24) is 20.2 Å². The Hall–Kier alpha value is -2.48. The van der Waals surface area contributed by atoms with Gasteiger partial charge in [0.15, 0.2) is 0 Å². The Morgan fingerprint density at radius 2 is 1.94 bits per heavy atom. The summed E-state index contributed by atoms with van der Waals surface area (Å²) in [7, 11) is 0. The fourth-order valence-electron chi connectivity index (χ4n) is 3.53. The summed E-state index contributed by atoms with van der Waals surface area (Å²) in [5.41, 5.74) is 1.57. The summed E-state index contributed by atoms with van der Waals surface area (Å²) in [6.07, 6.45) is 7.19. The first kappa shape index (κ1) is 23.2. The Bertz CT molecular complexity index is 855. The lowest BCUT2D eigenvalue weighted by molar-refractivity contribution is -0.122. The van der Waals surface area contributed by atoms with Crippen molar-refractivity contribution in [2.75, 3.05) is 19.6 Å². The third-order valence-corrected chi connectivity index (χ3v) is 6.07. The first-order valence-corrected chi connectivity index (χ1v) is 11.8. The number of nitrogens with zero attached hydrogens (tertiary/aromatic N) is 3. The Morgan fingerprint density at radius 3 is 2.61 bits per heavy atom. The van der Waals surface area contributed by atoms with Gasteiger partial charge in [0.25, 0.3) is 0 Å². The number of aryl methyl sites for hydroxylation is 1. The number of rotatable bonds is 7. The second-order valence-electron chi connectivity index (χ2n) is 8.93. The van der Waals surface area contributed by atoms with E-state index in [1.807, 2.05) is 32.9 Å². The summed E-state index contributed by atoms with van der Waals surface area (Å²) in [6.45, 7) is 7.57. The summed E-state index contributed by atoms with van der Waals surface area (Å²) >= 11 is 1.65. The molecule has 1 N–H and O–H groups in total. The third kappa shape index (κ3) is 7.61. The van der Waals surface area contributed by atoms with Gasteiger partial charge in [0.2, 0.25) is 5.91 Å². The number of likely N-dealkylation sites (tertiary alicyclic amines) is 1. The number of aromatic nitrogens is 2. The summed E-state index contributed by atoms with van der Waals surface area (Å²) in [5, 5.41) is 6.17. The summed E-state index contributed by atoms with van der Waals surface area (Å²) in [6, 6.07) is 3.91. The number of hydrogen-bond donors (Lipinski definition) is 1. The van der Waals surface area contributed by atoms with E-state index in [1.165, 1.54) is 0 Å². The van der Waals surface area contributed by atoms with Crippen LogP contribution in [0.25, 0.3) is 11.3 Å². The molecule has 2 aromatic rings. The maximum atomic E-state index is 12.3. The number of hydrogen-bond acceptors (Lipinski definition) is 6. The zero-order chi connectivity index (χ0) is 22.3. The summed E-state index contributed by atoms with van der Waals surface area (Å²) < 4.78 is 5.42. The zero-order valence-corrected chi connectivity index (χ0v) is 19.4. The minimum atomic E-state index is -0.479. The monoisotopic (exact) mass is 444 g/mol. The maximum Gasteiger partial charge on any atom is 0.410 e. The van der Waals surface area contributed by atoms with Crippen molar-refractivity contribution in [1.29, 1.82) is 0 Å². The van der Waals surface area contributed by atoms with Gasteiger partial charge in [-0.2, -0.15) is 0 Å². The number of carbonyl (C=O) groups is 2. The van der Waals surface area contributed by atoms with Crippen LogP contribution in [0.4, 0.5) is 4.79 Å². The minimum Gasteiger partial charge on any atom is -0.444 e. The molecule has 1 aliphatic heterocycles. The van der Waals surface area contributed by atoms with E-state index < -0.39 is 5.60 Å². The predicted octanol–water partition coefficient (Wildman–Crippen LogP) is 4.29. The molecule has 7 nitrogen and oxygen atoms in total. The summed E-state index contributed by atoms with van der Waals surface area (Å²) in [4.78, 5) is 34.9. The molecule has 1 aliphatic rings. The number of thiazole rings is 1. The van der Waals surface area contributed by atoms with Gasteiger partial charge in [-0.25, -0.2) is 9.78 Å². The van der Waals surface area contributed by atoms with Crippen LogP contribution in [0.1, 0.15) is 51.5 Å². The molecule has 3 heterocycles. The van der Waals surface area contributed by atoms with Crippen molar-refractivity contribution in [2.45, 2.75) is 58.5 Å². The van der Waals surface area contributed by atoms with Crippen LogP contribution < -0.4 is 5.32 Å². The van der Waals surface area contributed by atoms with Gasteiger partial charge in [0.05, 0.1) is 10.7 Å². The largest absolute Gasteiger partial charge is 0.444 e. The number of amides is 2. The Labute approximate surface area is 188 Å². The molecule has 3 rings (SSSR count). The van der Waals surface area contributed by atoms with Crippen LogP contribution in [0.5, 0.6) is 0 Å². The first-order chi connectivity index (χ1) is 14.8. The number of carbonyl (C=O) groups excluding carboxylic acids is 2. The molecule has 168 valence electrons. The Balaban J connectivity index is 1.31. The van der Waals surface area contributed by atoms with Crippen LogP contribution in [-0.4, -0.2) is 52.1 Å². The molecule has 0 spiro atoms. The van der Waals surface area contributed by atoms with Crippen molar-refractivity contribution in [3.8, 4) is 11.3 Å². The average Bonchev–Trinajstić information content (AvgIpc) is 3.20. The van der Waals surface area contributed by atoms with Crippen molar-refractivity contribution in [3.05, 3.63) is 34.9 Å². The highest BCUT2D eigenvalue weighted by Crippen LogP contribution is 2.23. The van der Waals surface area contributed by atoms with Crippen LogP contribution >= 0.6 is 11.3 Å². The van der Waals surface area contributed by atoms with Crippen LogP contribution in [0, 0.1) is 5.92 Å². The smallest absolute Gasteiger partial charge is 0.410 e. The van der Waals surface area contributed by atoms with Crippen molar-refractivity contribution in [3.63, 3.8) is 0 Å². The fourth-order valence-corrected chi connectivity index (χ4v) is 4.38. The van der Waals surface area contributed by atoms with E-state index >= 15 is 0 Å². The molecule has 2 aromatic heterocycles. The minimum absolute atomic E-state index is 0.0901. The van der Waals surface area contributed by atoms with Crippen LogP contribution in [0.3, 0.4) is 0 Å². The molecule has 8 heteroatoms. The van der Waals surface area contributed by atoms with Crippen LogP contribution in [0.15, 0.2) is 29.9 Å². The van der Waals surface area contributed by atoms with Crippen LogP contribution in [-0.2, 0) is 16.0 Å². The summed E-state index contributed by atoms with van der Waals surface area (Å²) in [5.74, 6) is 0.410. The van der Waals surface area contributed by atoms with Gasteiger partial charge in [0, 0.05) is 55.8 Å². The lowest BCUT2D eigenvalue weighted by Gasteiger charge is -2.33. The molecule has 0 bridgehead atoms. The van der Waals surface area contributed by atoms with Gasteiger partial charge in [-0.3, -0.25) is 9.78 Å². The normalized spacial score (nSPS) is 15.0. The van der Waals surface area contributed by atoms with Gasteiger partial charge >= 0.3 is 6.09 Å². The molecule has 2 amide bonds. The van der Waals surface area contributed by atoms with Gasteiger partial charge in [0.1, 0.15) is 5.60 Å². The molecular formula is C23H32N4O3S. The van der Waals surface area contributed by atoms with Crippen molar-refractivity contribution < 1.29 is 14.3 Å². The topological polar surface area (TPSA) is 84.4 Å². The molecular weight excluding hydrogens is 412 g/mol. The quantitative estimate of drug-likeness (QED) is 0.644. The van der Waals surface area contributed by atoms with E-state index in [9.17, 15) is 9.59 Å². The molecule has 31 heavy (non-hydrogen) atoms. The van der Waals surface area contributed by atoms with E-state index in [4.69, 9.17) is 4.74 Å². The van der Waals surface area contributed by atoms with Crippen molar-refractivity contribution in [2.24, 2.45) is 5.92 Å². The van der Waals surface area contributed by atoms with Gasteiger partial charge in [-0.05, 0) is 58.1 Å². The van der Waals surface area contributed by atoms with Crippen LogP contribution in [0.2, 0.25) is 0 Å². The standard InChI is InChI=1S/C23H32N4O3S/c1-23(2,3)30-22(29)27-13-8-17(9-14-27)15-20(28)25-10-4-5-21-26-19(16-31-21)18-6-11-24-12-7-18/h6-7,11-12,16-17H,4-5,8-10,13-15H2,1-3H3,(H,25,28). The number of nitrogens with one attached hydrogen (secondary N) is 1. The van der Waals surface area contributed by atoms with E-state index in [2.05, 4.69) is 20.7 Å². The Morgan fingerprint density at radius 1 is 1.23 bits per heavy atom. The highest BCUT2D eigenvalue weighted by atomic mass is 32.1. The van der Waals surface area contributed by atoms with Gasteiger partial charge in [-0.15, -0.1) is 11.3 Å². The number of piperidine rings is 1. The molecule has 0 aromatic carbocycles. The molecule has 1 fully saturated rings. The number of ether oxygens (including phenoxy) is 1. The van der Waals surface area contributed by atoms with Crippen molar-refractivity contribution >= 4 is 23.3 Å². The molecule has 1 saturated heterocycles. The van der Waals surface area contributed by atoms with Gasteiger partial charge < -0.3 is 15.0 Å². The molecule has 0 aliphatic carbocycles. The van der Waals surface area contributed by atoms with E-state index in [0.717, 1.165) is 41.9 Å².